The zero-order chi connectivity index (χ0) is 26.2. The van der Waals surface area contributed by atoms with Crippen molar-refractivity contribution in [1.29, 1.82) is 0 Å². The number of nitrogens with one attached hydrogen (secondary N) is 1. The van der Waals surface area contributed by atoms with E-state index in [9.17, 15) is 4.79 Å². The maximum atomic E-state index is 12.1. The standard InChI is InChI=1S/C29H26Cl2N2O4/c1-19-9-11-21-6-4-8-26(29(21)33-19)37-18-23-24(30)12-13-25(28(23)31)36-16-15-32-27(34)14-10-20-5-3-7-22(17-20)35-2/h3-14,17H,15-16,18H2,1-2H3,(H,32,34)/b14-10+. The smallest absolute Gasteiger partial charge is 0.244 e. The number of nitrogens with zero attached hydrogens (tertiary/aromatic N) is 1. The Morgan fingerprint density at radius 1 is 1.00 bits per heavy atom. The molecular formula is C29H26Cl2N2O4. The van der Waals surface area contributed by atoms with Gasteiger partial charge in [-0.1, -0.05) is 53.5 Å². The van der Waals surface area contributed by atoms with Gasteiger partial charge in [0, 0.05) is 27.7 Å². The summed E-state index contributed by atoms with van der Waals surface area (Å²) in [6, 6.07) is 20.6. The summed E-state index contributed by atoms with van der Waals surface area (Å²) in [6.07, 6.45) is 3.18. The van der Waals surface area contributed by atoms with Crippen molar-refractivity contribution in [3.05, 3.63) is 99.7 Å². The summed E-state index contributed by atoms with van der Waals surface area (Å²) in [4.78, 5) is 16.7. The Balaban J connectivity index is 1.33. The van der Waals surface area contributed by atoms with Crippen LogP contribution in [0.1, 0.15) is 16.8 Å². The lowest BCUT2D eigenvalue weighted by Gasteiger charge is -2.15. The van der Waals surface area contributed by atoms with Gasteiger partial charge in [-0.25, -0.2) is 4.98 Å². The highest BCUT2D eigenvalue weighted by Crippen LogP contribution is 2.35. The first-order chi connectivity index (χ1) is 17.9. The molecule has 4 rings (SSSR count). The minimum absolute atomic E-state index is 0.148. The van der Waals surface area contributed by atoms with Gasteiger partial charge in [-0.2, -0.15) is 0 Å². The van der Waals surface area contributed by atoms with E-state index in [1.54, 1.807) is 25.3 Å². The van der Waals surface area contributed by atoms with Gasteiger partial charge in [0.25, 0.3) is 0 Å². The monoisotopic (exact) mass is 536 g/mol. The van der Waals surface area contributed by atoms with Gasteiger partial charge in [0.15, 0.2) is 0 Å². The molecule has 6 nitrogen and oxygen atoms in total. The summed E-state index contributed by atoms with van der Waals surface area (Å²) in [7, 11) is 1.60. The predicted molar refractivity (Wildman–Crippen MR) is 148 cm³/mol. The second-order valence-electron chi connectivity index (χ2n) is 8.16. The van der Waals surface area contributed by atoms with E-state index in [1.807, 2.05) is 61.5 Å². The Bertz CT molecular complexity index is 1440. The van der Waals surface area contributed by atoms with Crippen LogP contribution in [0.25, 0.3) is 17.0 Å². The average molecular weight is 537 g/mol. The van der Waals surface area contributed by atoms with E-state index in [-0.39, 0.29) is 19.1 Å². The van der Waals surface area contributed by atoms with Gasteiger partial charge in [0.1, 0.15) is 36.0 Å². The lowest BCUT2D eigenvalue weighted by molar-refractivity contribution is -0.116. The van der Waals surface area contributed by atoms with E-state index in [1.165, 1.54) is 6.08 Å². The molecule has 0 aliphatic rings. The van der Waals surface area contributed by atoms with Crippen molar-refractivity contribution in [3.63, 3.8) is 0 Å². The van der Waals surface area contributed by atoms with E-state index >= 15 is 0 Å². The summed E-state index contributed by atoms with van der Waals surface area (Å²) in [5.41, 5.74) is 3.15. The van der Waals surface area contributed by atoms with Crippen LogP contribution in [-0.2, 0) is 11.4 Å². The van der Waals surface area contributed by atoms with Gasteiger partial charge in [-0.05, 0) is 55.0 Å². The number of para-hydroxylation sites is 1. The Kier molecular flexibility index (Phi) is 8.88. The van der Waals surface area contributed by atoms with Crippen molar-refractivity contribution < 1.29 is 19.0 Å². The minimum atomic E-state index is -0.235. The first kappa shape index (κ1) is 26.3. The van der Waals surface area contributed by atoms with Crippen LogP contribution < -0.4 is 19.5 Å². The molecule has 37 heavy (non-hydrogen) atoms. The largest absolute Gasteiger partial charge is 0.497 e. The maximum Gasteiger partial charge on any atom is 0.244 e. The third kappa shape index (κ3) is 6.94. The van der Waals surface area contributed by atoms with Gasteiger partial charge in [-0.3, -0.25) is 4.79 Å². The second-order valence-corrected chi connectivity index (χ2v) is 8.94. The number of carbonyl (C=O) groups is 1. The van der Waals surface area contributed by atoms with Crippen LogP contribution in [0, 0.1) is 6.92 Å². The van der Waals surface area contributed by atoms with Crippen molar-refractivity contribution in [2.45, 2.75) is 13.5 Å². The van der Waals surface area contributed by atoms with Crippen LogP contribution in [0.2, 0.25) is 10.0 Å². The first-order valence-electron chi connectivity index (χ1n) is 11.6. The van der Waals surface area contributed by atoms with Crippen LogP contribution in [0.3, 0.4) is 0 Å². The molecule has 0 fully saturated rings. The summed E-state index contributed by atoms with van der Waals surface area (Å²) >= 11 is 13.0. The molecular weight excluding hydrogens is 511 g/mol. The molecule has 4 aromatic rings. The topological polar surface area (TPSA) is 69.7 Å². The molecule has 0 atom stereocenters. The minimum Gasteiger partial charge on any atom is -0.497 e. The molecule has 0 spiro atoms. The van der Waals surface area contributed by atoms with Gasteiger partial charge in [0.2, 0.25) is 5.91 Å². The number of hydrogen-bond donors (Lipinski definition) is 1. The van der Waals surface area contributed by atoms with E-state index in [2.05, 4.69) is 10.3 Å². The molecule has 1 aromatic heterocycles. The quantitative estimate of drug-likeness (QED) is 0.181. The summed E-state index contributed by atoms with van der Waals surface area (Å²) in [6.45, 7) is 2.61. The zero-order valence-electron chi connectivity index (χ0n) is 20.5. The van der Waals surface area contributed by atoms with Crippen LogP contribution in [0.15, 0.2) is 72.8 Å². The maximum absolute atomic E-state index is 12.1. The number of aromatic nitrogens is 1. The molecule has 0 aliphatic carbocycles. The third-order valence-corrected chi connectivity index (χ3v) is 6.29. The highest BCUT2D eigenvalue weighted by atomic mass is 35.5. The van der Waals surface area contributed by atoms with E-state index in [4.69, 9.17) is 37.4 Å². The fourth-order valence-electron chi connectivity index (χ4n) is 3.62. The molecule has 3 aromatic carbocycles. The molecule has 0 bridgehead atoms. The van der Waals surface area contributed by atoms with Crippen LogP contribution in [-0.4, -0.2) is 31.2 Å². The molecule has 0 radical (unpaired) electrons. The molecule has 1 heterocycles. The number of hydrogen-bond acceptors (Lipinski definition) is 5. The average Bonchev–Trinajstić information content (AvgIpc) is 2.91. The second kappa shape index (κ2) is 12.5. The highest BCUT2D eigenvalue weighted by Gasteiger charge is 2.14. The Morgan fingerprint density at radius 3 is 2.68 bits per heavy atom. The number of halogens is 2. The van der Waals surface area contributed by atoms with Crippen molar-refractivity contribution in [2.24, 2.45) is 0 Å². The van der Waals surface area contributed by atoms with Crippen molar-refractivity contribution >= 4 is 46.1 Å². The molecule has 1 amide bonds. The summed E-state index contributed by atoms with van der Waals surface area (Å²) in [5.74, 6) is 1.59. The number of carbonyl (C=O) groups excluding carboxylic acids is 1. The normalized spacial score (nSPS) is 11.0. The number of ether oxygens (including phenoxy) is 3. The molecule has 0 unspecified atom stereocenters. The van der Waals surface area contributed by atoms with Crippen molar-refractivity contribution in [2.75, 3.05) is 20.3 Å². The number of aryl methyl sites for hydroxylation is 1. The number of fused-ring (bicyclic) bond motifs is 1. The Labute approximate surface area is 225 Å². The number of pyridine rings is 1. The van der Waals surface area contributed by atoms with Crippen LogP contribution in [0.5, 0.6) is 17.2 Å². The number of methoxy groups -OCH3 is 1. The Morgan fingerprint density at radius 2 is 1.84 bits per heavy atom. The molecule has 0 saturated heterocycles. The van der Waals surface area contributed by atoms with Crippen LogP contribution in [0.4, 0.5) is 0 Å². The predicted octanol–water partition coefficient (Wildman–Crippen LogP) is 6.65. The number of amides is 1. The van der Waals surface area contributed by atoms with Gasteiger partial charge in [0.05, 0.1) is 18.7 Å². The summed E-state index contributed by atoms with van der Waals surface area (Å²) in [5, 5.41) is 4.60. The van der Waals surface area contributed by atoms with E-state index < -0.39 is 0 Å². The first-order valence-corrected chi connectivity index (χ1v) is 12.4. The molecule has 1 N–H and O–H groups in total. The van der Waals surface area contributed by atoms with Gasteiger partial charge < -0.3 is 19.5 Å². The zero-order valence-corrected chi connectivity index (χ0v) is 22.0. The summed E-state index contributed by atoms with van der Waals surface area (Å²) < 4.78 is 17.0. The lowest BCUT2D eigenvalue weighted by atomic mass is 10.2. The van der Waals surface area contributed by atoms with Gasteiger partial charge in [-0.15, -0.1) is 0 Å². The van der Waals surface area contributed by atoms with Crippen molar-refractivity contribution in [3.8, 4) is 17.2 Å². The molecule has 190 valence electrons. The van der Waals surface area contributed by atoms with E-state index in [0.29, 0.717) is 33.7 Å². The molecule has 0 saturated carbocycles. The lowest BCUT2D eigenvalue weighted by Crippen LogP contribution is -2.26. The van der Waals surface area contributed by atoms with Crippen molar-refractivity contribution in [1.82, 2.24) is 10.3 Å². The van der Waals surface area contributed by atoms with Crippen LogP contribution >= 0.6 is 23.2 Å². The number of rotatable bonds is 10. The fraction of sp³-hybridized carbons (Fsp3) is 0.172. The fourth-order valence-corrected chi connectivity index (χ4v) is 4.15. The van der Waals surface area contributed by atoms with E-state index in [0.717, 1.165) is 27.9 Å². The van der Waals surface area contributed by atoms with Gasteiger partial charge >= 0.3 is 0 Å². The molecule has 8 heteroatoms. The number of benzene rings is 3. The molecule has 0 aliphatic heterocycles. The SMILES string of the molecule is COc1cccc(/C=C/C(=O)NCCOc2ccc(Cl)c(COc3cccc4ccc(C)nc34)c2Cl)c1. The Hall–Kier alpha value is -3.74. The third-order valence-electron chi connectivity index (χ3n) is 5.52. The highest BCUT2D eigenvalue weighted by molar-refractivity contribution is 6.36.